The van der Waals surface area contributed by atoms with E-state index in [9.17, 15) is 4.79 Å². The van der Waals surface area contributed by atoms with Gasteiger partial charge in [0.25, 0.3) is 0 Å². The summed E-state index contributed by atoms with van der Waals surface area (Å²) in [6.45, 7) is 5.13. The molecule has 0 saturated carbocycles. The van der Waals surface area contributed by atoms with Crippen LogP contribution < -0.4 is 5.32 Å². The van der Waals surface area contributed by atoms with Gasteiger partial charge in [-0.15, -0.1) is 0 Å². The molecular weight excluding hydrogens is 214 g/mol. The first-order valence-corrected chi connectivity index (χ1v) is 6.95. The molecule has 0 bridgehead atoms. The van der Waals surface area contributed by atoms with Gasteiger partial charge < -0.3 is 15.1 Å². The van der Waals surface area contributed by atoms with Gasteiger partial charge in [0.1, 0.15) is 0 Å². The molecule has 2 aliphatic heterocycles. The normalized spacial score (nSPS) is 26.4. The fourth-order valence-electron chi connectivity index (χ4n) is 2.84. The molecule has 0 aliphatic carbocycles. The van der Waals surface area contributed by atoms with Crippen LogP contribution in [-0.2, 0) is 4.79 Å². The zero-order valence-corrected chi connectivity index (χ0v) is 11.0. The number of hydrogen-bond acceptors (Lipinski definition) is 3. The molecule has 0 aromatic rings. The van der Waals surface area contributed by atoms with Gasteiger partial charge in [-0.05, 0) is 39.3 Å². The van der Waals surface area contributed by atoms with Crippen molar-refractivity contribution in [2.24, 2.45) is 0 Å². The molecule has 4 heteroatoms. The van der Waals surface area contributed by atoms with E-state index in [0.29, 0.717) is 18.4 Å². The summed E-state index contributed by atoms with van der Waals surface area (Å²) in [6, 6.07) is 0.583. The van der Waals surface area contributed by atoms with Crippen molar-refractivity contribution in [3.05, 3.63) is 0 Å². The minimum atomic E-state index is 0.333. The van der Waals surface area contributed by atoms with Gasteiger partial charge in [0, 0.05) is 38.6 Å². The summed E-state index contributed by atoms with van der Waals surface area (Å²) < 4.78 is 0. The topological polar surface area (TPSA) is 35.6 Å². The molecule has 1 N–H and O–H groups in total. The highest BCUT2D eigenvalue weighted by molar-refractivity contribution is 5.76. The van der Waals surface area contributed by atoms with Crippen molar-refractivity contribution in [2.45, 2.75) is 38.1 Å². The molecular formula is C13H25N3O. The number of carbonyl (C=O) groups excluding carboxylic acids is 1. The van der Waals surface area contributed by atoms with Crippen molar-refractivity contribution in [2.75, 3.05) is 39.8 Å². The van der Waals surface area contributed by atoms with Crippen molar-refractivity contribution in [3.63, 3.8) is 0 Å². The molecule has 1 unspecified atom stereocenters. The SMILES string of the molecule is CN1CCCC(NCCC(=O)N2CCCC2)C1. The van der Waals surface area contributed by atoms with Crippen molar-refractivity contribution < 1.29 is 4.79 Å². The summed E-state index contributed by atoms with van der Waals surface area (Å²) in [4.78, 5) is 16.2. The van der Waals surface area contributed by atoms with Gasteiger partial charge >= 0.3 is 0 Å². The molecule has 2 fully saturated rings. The van der Waals surface area contributed by atoms with E-state index in [1.54, 1.807) is 0 Å². The Kier molecular flexibility index (Phi) is 4.80. The van der Waals surface area contributed by atoms with Crippen LogP contribution in [0.2, 0.25) is 0 Å². The lowest BCUT2D eigenvalue weighted by molar-refractivity contribution is -0.130. The van der Waals surface area contributed by atoms with Crippen LogP contribution in [0.15, 0.2) is 0 Å². The van der Waals surface area contributed by atoms with E-state index >= 15 is 0 Å². The maximum atomic E-state index is 11.8. The molecule has 0 aromatic carbocycles. The van der Waals surface area contributed by atoms with Gasteiger partial charge in [-0.3, -0.25) is 4.79 Å². The smallest absolute Gasteiger partial charge is 0.223 e. The largest absolute Gasteiger partial charge is 0.343 e. The Morgan fingerprint density at radius 2 is 2.00 bits per heavy atom. The monoisotopic (exact) mass is 239 g/mol. The molecule has 0 aromatic heterocycles. The number of nitrogens with zero attached hydrogens (tertiary/aromatic N) is 2. The lowest BCUT2D eigenvalue weighted by Gasteiger charge is -2.30. The van der Waals surface area contributed by atoms with E-state index in [-0.39, 0.29) is 0 Å². The van der Waals surface area contributed by atoms with E-state index in [2.05, 4.69) is 17.3 Å². The Bertz CT molecular complexity index is 251. The van der Waals surface area contributed by atoms with Gasteiger partial charge in [0.05, 0.1) is 0 Å². The van der Waals surface area contributed by atoms with Crippen molar-refractivity contribution in [1.29, 1.82) is 0 Å². The minimum Gasteiger partial charge on any atom is -0.343 e. The number of nitrogens with one attached hydrogen (secondary N) is 1. The highest BCUT2D eigenvalue weighted by Gasteiger charge is 2.19. The van der Waals surface area contributed by atoms with Gasteiger partial charge in [-0.2, -0.15) is 0 Å². The van der Waals surface area contributed by atoms with E-state index in [4.69, 9.17) is 0 Å². The molecule has 2 heterocycles. The second kappa shape index (κ2) is 6.36. The van der Waals surface area contributed by atoms with E-state index in [0.717, 1.165) is 26.2 Å². The standard InChI is InChI=1S/C13H25N3O/c1-15-8-4-5-12(11-15)14-7-6-13(17)16-9-2-3-10-16/h12,14H,2-11H2,1H3. The second-order valence-electron chi connectivity index (χ2n) is 5.39. The van der Waals surface area contributed by atoms with Gasteiger partial charge in [0.2, 0.25) is 5.91 Å². The van der Waals surface area contributed by atoms with E-state index in [1.807, 2.05) is 4.90 Å². The van der Waals surface area contributed by atoms with Crippen LogP contribution in [0.25, 0.3) is 0 Å². The molecule has 0 radical (unpaired) electrons. The van der Waals surface area contributed by atoms with Crippen molar-refractivity contribution in [3.8, 4) is 0 Å². The molecule has 2 saturated heterocycles. The second-order valence-corrected chi connectivity index (χ2v) is 5.39. The van der Waals surface area contributed by atoms with Crippen molar-refractivity contribution in [1.82, 2.24) is 15.1 Å². The van der Waals surface area contributed by atoms with Crippen LogP contribution in [0.1, 0.15) is 32.1 Å². The molecule has 1 amide bonds. The van der Waals surface area contributed by atoms with Gasteiger partial charge in [-0.25, -0.2) is 0 Å². The predicted molar refractivity (Wildman–Crippen MR) is 69.0 cm³/mol. The lowest BCUT2D eigenvalue weighted by atomic mass is 10.1. The van der Waals surface area contributed by atoms with Crippen LogP contribution in [0.4, 0.5) is 0 Å². The summed E-state index contributed by atoms with van der Waals surface area (Å²) in [5, 5.41) is 3.52. The first-order valence-electron chi connectivity index (χ1n) is 6.95. The van der Waals surface area contributed by atoms with E-state index in [1.165, 1.54) is 32.2 Å². The molecule has 2 rings (SSSR count). The van der Waals surface area contributed by atoms with Crippen molar-refractivity contribution >= 4 is 5.91 Å². The van der Waals surface area contributed by atoms with Crippen LogP contribution >= 0.6 is 0 Å². The quantitative estimate of drug-likeness (QED) is 0.784. The third-order valence-electron chi connectivity index (χ3n) is 3.86. The number of carbonyl (C=O) groups is 1. The first-order chi connectivity index (χ1) is 8.25. The predicted octanol–water partition coefficient (Wildman–Crippen LogP) is 0.683. The fraction of sp³-hybridized carbons (Fsp3) is 0.923. The van der Waals surface area contributed by atoms with E-state index < -0.39 is 0 Å². The Morgan fingerprint density at radius 1 is 1.24 bits per heavy atom. The maximum Gasteiger partial charge on any atom is 0.223 e. The Balaban J connectivity index is 1.60. The summed E-state index contributed by atoms with van der Waals surface area (Å²) in [5.74, 6) is 0.333. The molecule has 1 atom stereocenters. The van der Waals surface area contributed by atoms with Crippen LogP contribution in [0.5, 0.6) is 0 Å². The highest BCUT2D eigenvalue weighted by atomic mass is 16.2. The Hall–Kier alpha value is -0.610. The van der Waals surface area contributed by atoms with Crippen LogP contribution in [0.3, 0.4) is 0 Å². The van der Waals surface area contributed by atoms with Crippen LogP contribution in [0, 0.1) is 0 Å². The average molecular weight is 239 g/mol. The minimum absolute atomic E-state index is 0.333. The summed E-state index contributed by atoms with van der Waals surface area (Å²) in [6.07, 6.45) is 5.57. The number of likely N-dealkylation sites (N-methyl/N-ethyl adjacent to an activating group) is 1. The fourth-order valence-corrected chi connectivity index (χ4v) is 2.84. The Labute approximate surface area is 104 Å². The third-order valence-corrected chi connectivity index (χ3v) is 3.86. The molecule has 4 nitrogen and oxygen atoms in total. The Morgan fingerprint density at radius 3 is 2.71 bits per heavy atom. The van der Waals surface area contributed by atoms with Gasteiger partial charge in [0.15, 0.2) is 0 Å². The summed E-state index contributed by atoms with van der Waals surface area (Å²) in [5.41, 5.74) is 0. The molecule has 17 heavy (non-hydrogen) atoms. The molecule has 0 spiro atoms. The number of rotatable bonds is 4. The van der Waals surface area contributed by atoms with Crippen LogP contribution in [-0.4, -0.2) is 61.5 Å². The average Bonchev–Trinajstić information content (AvgIpc) is 2.82. The first kappa shape index (κ1) is 12.8. The summed E-state index contributed by atoms with van der Waals surface area (Å²) >= 11 is 0. The number of likely N-dealkylation sites (tertiary alicyclic amines) is 2. The maximum absolute atomic E-state index is 11.8. The highest BCUT2D eigenvalue weighted by Crippen LogP contribution is 2.10. The van der Waals surface area contributed by atoms with Gasteiger partial charge in [-0.1, -0.05) is 0 Å². The number of hydrogen-bond donors (Lipinski definition) is 1. The molecule has 98 valence electrons. The number of piperidine rings is 1. The molecule has 2 aliphatic rings. The zero-order valence-electron chi connectivity index (χ0n) is 11.0. The summed E-state index contributed by atoms with van der Waals surface area (Å²) in [7, 11) is 2.17. The zero-order chi connectivity index (χ0) is 12.1. The lowest BCUT2D eigenvalue weighted by Crippen LogP contribution is -2.45. The number of amides is 1. The third kappa shape index (κ3) is 3.96.